The van der Waals surface area contributed by atoms with Crippen molar-refractivity contribution >= 4 is 16.7 Å². The van der Waals surface area contributed by atoms with Crippen molar-refractivity contribution in [2.45, 2.75) is 6.54 Å². The number of aromatic hydroxyl groups is 1. The molecule has 0 spiro atoms. The highest BCUT2D eigenvalue weighted by Crippen LogP contribution is 2.32. The van der Waals surface area contributed by atoms with Crippen LogP contribution >= 0.6 is 0 Å². The third-order valence-corrected chi connectivity index (χ3v) is 5.17. The van der Waals surface area contributed by atoms with Gasteiger partial charge >= 0.3 is 0 Å². The van der Waals surface area contributed by atoms with Gasteiger partial charge < -0.3 is 14.5 Å². The van der Waals surface area contributed by atoms with Gasteiger partial charge in [0.25, 0.3) is 0 Å². The smallest absolute Gasteiger partial charge is 0.165 e. The van der Waals surface area contributed by atoms with Gasteiger partial charge in [-0.2, -0.15) is 0 Å². The van der Waals surface area contributed by atoms with Crippen molar-refractivity contribution in [2.24, 2.45) is 0 Å². The molecule has 1 N–H and O–H groups in total. The van der Waals surface area contributed by atoms with Crippen LogP contribution in [0.3, 0.4) is 0 Å². The average molecular weight is 426 g/mol. The SMILES string of the molecule is CN(Cc1cc(-c2ccccc2)no1)c1nc(-c2ccccc2O)nc2ccc(F)cc12. The third-order valence-electron chi connectivity index (χ3n) is 5.17. The largest absolute Gasteiger partial charge is 0.507 e. The minimum atomic E-state index is -0.378. The van der Waals surface area contributed by atoms with Gasteiger partial charge in [-0.1, -0.05) is 47.6 Å². The van der Waals surface area contributed by atoms with Crippen molar-refractivity contribution in [3.63, 3.8) is 0 Å². The van der Waals surface area contributed by atoms with Gasteiger partial charge in [0.05, 0.1) is 17.6 Å². The van der Waals surface area contributed by atoms with Crippen molar-refractivity contribution in [3.8, 4) is 28.4 Å². The molecule has 0 bridgehead atoms. The van der Waals surface area contributed by atoms with Gasteiger partial charge in [-0.3, -0.25) is 0 Å². The standard InChI is InChI=1S/C25H19FN4O2/c1-30(15-18-14-22(29-32-18)16-7-3-2-4-8-16)25-20-13-17(26)11-12-21(20)27-24(28-25)19-9-5-6-10-23(19)31/h2-14,31H,15H2,1H3. The first kappa shape index (κ1) is 19.7. The molecular weight excluding hydrogens is 407 g/mol. The number of phenols is 1. The Balaban J connectivity index is 1.54. The summed E-state index contributed by atoms with van der Waals surface area (Å²) in [5.41, 5.74) is 2.77. The number of aromatic nitrogens is 3. The van der Waals surface area contributed by atoms with E-state index in [0.717, 1.165) is 11.3 Å². The van der Waals surface area contributed by atoms with Crippen molar-refractivity contribution in [2.75, 3.05) is 11.9 Å². The lowest BCUT2D eigenvalue weighted by molar-refractivity contribution is 0.385. The van der Waals surface area contributed by atoms with Gasteiger partial charge in [-0.15, -0.1) is 0 Å². The molecule has 0 saturated carbocycles. The molecule has 2 heterocycles. The Morgan fingerprint density at radius 1 is 0.938 bits per heavy atom. The Bertz CT molecular complexity index is 1400. The lowest BCUT2D eigenvalue weighted by Gasteiger charge is -2.19. The first-order chi connectivity index (χ1) is 15.6. The summed E-state index contributed by atoms with van der Waals surface area (Å²) in [5.74, 6) is 1.21. The molecule has 32 heavy (non-hydrogen) atoms. The van der Waals surface area contributed by atoms with E-state index in [1.165, 1.54) is 12.1 Å². The molecule has 2 aromatic heterocycles. The third kappa shape index (κ3) is 3.76. The second kappa shape index (κ2) is 8.11. The van der Waals surface area contributed by atoms with Crippen LogP contribution in [0.4, 0.5) is 10.2 Å². The van der Waals surface area contributed by atoms with Crippen LogP contribution in [0.1, 0.15) is 5.76 Å². The number of para-hydroxylation sites is 1. The summed E-state index contributed by atoms with van der Waals surface area (Å²) >= 11 is 0. The van der Waals surface area contributed by atoms with Gasteiger partial charge in [0.2, 0.25) is 0 Å². The van der Waals surface area contributed by atoms with Crippen LogP contribution in [0.5, 0.6) is 5.75 Å². The van der Waals surface area contributed by atoms with E-state index in [-0.39, 0.29) is 11.6 Å². The van der Waals surface area contributed by atoms with Crippen LogP contribution < -0.4 is 4.90 Å². The second-order valence-corrected chi connectivity index (χ2v) is 7.45. The average Bonchev–Trinajstić information content (AvgIpc) is 3.28. The first-order valence-electron chi connectivity index (χ1n) is 10.1. The van der Waals surface area contributed by atoms with E-state index in [9.17, 15) is 9.50 Å². The lowest BCUT2D eigenvalue weighted by atomic mass is 10.1. The molecule has 0 fully saturated rings. The van der Waals surface area contributed by atoms with E-state index in [1.54, 1.807) is 30.3 Å². The molecule has 0 aliphatic heterocycles. The van der Waals surface area contributed by atoms with Crippen LogP contribution in [0.15, 0.2) is 83.4 Å². The Morgan fingerprint density at radius 3 is 2.53 bits per heavy atom. The van der Waals surface area contributed by atoms with Gasteiger partial charge in [0.15, 0.2) is 11.6 Å². The molecule has 0 unspecified atom stereocenters. The quantitative estimate of drug-likeness (QED) is 0.404. The maximum absolute atomic E-state index is 14.0. The van der Waals surface area contributed by atoms with Crippen molar-refractivity contribution in [1.82, 2.24) is 15.1 Å². The molecule has 0 radical (unpaired) electrons. The Morgan fingerprint density at radius 2 is 1.72 bits per heavy atom. The minimum absolute atomic E-state index is 0.0744. The number of hydrogen-bond donors (Lipinski definition) is 1. The highest BCUT2D eigenvalue weighted by molar-refractivity contribution is 5.91. The zero-order valence-corrected chi connectivity index (χ0v) is 17.2. The second-order valence-electron chi connectivity index (χ2n) is 7.45. The number of nitrogens with zero attached hydrogens (tertiary/aromatic N) is 4. The molecule has 6 nitrogen and oxygen atoms in total. The molecule has 5 aromatic rings. The number of halogens is 1. The van der Waals surface area contributed by atoms with Gasteiger partial charge in [-0.05, 0) is 30.3 Å². The molecule has 5 rings (SSSR count). The Kier molecular flexibility index (Phi) is 4.99. The van der Waals surface area contributed by atoms with E-state index in [4.69, 9.17) is 4.52 Å². The fourth-order valence-corrected chi connectivity index (χ4v) is 3.60. The van der Waals surface area contributed by atoms with Crippen molar-refractivity contribution < 1.29 is 14.0 Å². The molecule has 7 heteroatoms. The summed E-state index contributed by atoms with van der Waals surface area (Å²) in [6.07, 6.45) is 0. The van der Waals surface area contributed by atoms with E-state index >= 15 is 0 Å². The Labute approximate surface area is 183 Å². The molecule has 0 aliphatic carbocycles. The maximum atomic E-state index is 14.0. The highest BCUT2D eigenvalue weighted by Gasteiger charge is 2.17. The van der Waals surface area contributed by atoms with Gasteiger partial charge in [-0.25, -0.2) is 14.4 Å². The van der Waals surface area contributed by atoms with E-state index in [0.29, 0.717) is 40.4 Å². The normalized spacial score (nSPS) is 11.1. The predicted octanol–water partition coefficient (Wildman–Crippen LogP) is 5.43. The minimum Gasteiger partial charge on any atom is -0.507 e. The topological polar surface area (TPSA) is 75.3 Å². The zero-order chi connectivity index (χ0) is 22.1. The number of benzene rings is 3. The van der Waals surface area contributed by atoms with Crippen LogP contribution in [-0.2, 0) is 6.54 Å². The van der Waals surface area contributed by atoms with Crippen molar-refractivity contribution in [3.05, 3.63) is 90.4 Å². The number of anilines is 1. The van der Waals surface area contributed by atoms with Crippen LogP contribution in [-0.4, -0.2) is 27.3 Å². The predicted molar refractivity (Wildman–Crippen MR) is 121 cm³/mol. The zero-order valence-electron chi connectivity index (χ0n) is 17.2. The van der Waals surface area contributed by atoms with Crippen LogP contribution in [0, 0.1) is 5.82 Å². The Hall–Kier alpha value is -4.26. The molecule has 158 valence electrons. The van der Waals surface area contributed by atoms with E-state index in [2.05, 4.69) is 15.1 Å². The van der Waals surface area contributed by atoms with Crippen molar-refractivity contribution in [1.29, 1.82) is 0 Å². The van der Waals surface area contributed by atoms with Gasteiger partial charge in [0.1, 0.15) is 23.1 Å². The molecule has 0 aliphatic rings. The molecule has 3 aromatic carbocycles. The van der Waals surface area contributed by atoms with Crippen LogP contribution in [0.2, 0.25) is 0 Å². The fourth-order valence-electron chi connectivity index (χ4n) is 3.60. The lowest BCUT2D eigenvalue weighted by Crippen LogP contribution is -2.18. The monoisotopic (exact) mass is 426 g/mol. The van der Waals surface area contributed by atoms with E-state index < -0.39 is 0 Å². The number of phenolic OH excluding ortho intramolecular Hbond substituents is 1. The number of fused-ring (bicyclic) bond motifs is 1. The number of hydrogen-bond acceptors (Lipinski definition) is 6. The highest BCUT2D eigenvalue weighted by atomic mass is 19.1. The fraction of sp³-hybridized carbons (Fsp3) is 0.0800. The summed E-state index contributed by atoms with van der Waals surface area (Å²) in [5, 5.41) is 15.0. The summed E-state index contributed by atoms with van der Waals surface area (Å²) in [6, 6.07) is 22.9. The summed E-state index contributed by atoms with van der Waals surface area (Å²) in [6.45, 7) is 0.364. The van der Waals surface area contributed by atoms with Gasteiger partial charge in [0, 0.05) is 24.1 Å². The molecule has 0 atom stereocenters. The summed E-state index contributed by atoms with van der Waals surface area (Å²) < 4.78 is 19.6. The summed E-state index contributed by atoms with van der Waals surface area (Å²) in [4.78, 5) is 11.1. The maximum Gasteiger partial charge on any atom is 0.165 e. The van der Waals surface area contributed by atoms with E-state index in [1.807, 2.05) is 48.3 Å². The number of rotatable bonds is 5. The molecular formula is C25H19FN4O2. The molecule has 0 saturated heterocycles. The molecule has 0 amide bonds. The van der Waals surface area contributed by atoms with Crippen LogP contribution in [0.25, 0.3) is 33.5 Å². The summed E-state index contributed by atoms with van der Waals surface area (Å²) in [7, 11) is 1.84. The first-order valence-corrected chi connectivity index (χ1v) is 10.1.